The second-order valence-electron chi connectivity index (χ2n) is 7.77. The summed E-state index contributed by atoms with van der Waals surface area (Å²) in [5, 5.41) is 16.9. The number of benzene rings is 1. The number of rotatable bonds is 3. The number of halogens is 1. The van der Waals surface area contributed by atoms with Crippen LogP contribution >= 0.6 is 0 Å². The SMILES string of the molecule is CC.N#Cc1cccc(F)c1-c1cc(-n2ccc(N3CCCC(N)C3)n2)c2c(n1)CNC2=O. The molecule has 2 aliphatic rings. The molecule has 0 radical (unpaired) electrons. The molecule has 3 N–H and O–H groups in total. The number of nitrogens with two attached hydrogens (primary N) is 1. The Labute approximate surface area is 191 Å². The average molecular weight is 448 g/mol. The standard InChI is InChI=1S/C22H20FN7O.C2H6/c23-15-5-1-3-13(10-24)20(15)16-9-18(21-17(27-16)11-26-22(21)31)30-8-6-19(28-30)29-7-2-4-14(25)12-29;1-2/h1,3,5-6,8-9,14H,2,4,7,11-12,25H2,(H,26,31);1-2H3. The predicted octanol–water partition coefficient (Wildman–Crippen LogP) is 3.14. The highest BCUT2D eigenvalue weighted by atomic mass is 19.1. The van der Waals surface area contributed by atoms with Crippen molar-refractivity contribution in [2.75, 3.05) is 18.0 Å². The van der Waals surface area contributed by atoms with Gasteiger partial charge in [-0.25, -0.2) is 14.1 Å². The van der Waals surface area contributed by atoms with Gasteiger partial charge in [-0.2, -0.15) is 10.4 Å². The van der Waals surface area contributed by atoms with Crippen molar-refractivity contribution in [3.63, 3.8) is 0 Å². The molecule has 5 rings (SSSR count). The van der Waals surface area contributed by atoms with Crippen LogP contribution in [0, 0.1) is 17.1 Å². The molecule has 3 aromatic rings. The molecule has 0 spiro atoms. The molecule has 170 valence electrons. The number of carbonyl (C=O) groups excluding carboxylic acids is 1. The quantitative estimate of drug-likeness (QED) is 0.638. The molecule has 0 saturated carbocycles. The van der Waals surface area contributed by atoms with E-state index >= 15 is 0 Å². The van der Waals surface area contributed by atoms with Crippen LogP contribution in [0.3, 0.4) is 0 Å². The number of pyridine rings is 1. The first-order valence-corrected chi connectivity index (χ1v) is 11.1. The highest BCUT2D eigenvalue weighted by Gasteiger charge is 2.28. The van der Waals surface area contributed by atoms with Crippen molar-refractivity contribution in [1.29, 1.82) is 5.26 Å². The van der Waals surface area contributed by atoms with E-state index in [1.165, 1.54) is 12.1 Å². The van der Waals surface area contributed by atoms with Gasteiger partial charge >= 0.3 is 0 Å². The van der Waals surface area contributed by atoms with E-state index in [1.807, 2.05) is 26.0 Å². The number of anilines is 1. The topological polar surface area (TPSA) is 113 Å². The van der Waals surface area contributed by atoms with Crippen molar-refractivity contribution in [3.8, 4) is 23.0 Å². The van der Waals surface area contributed by atoms with Crippen LogP contribution in [0.15, 0.2) is 36.5 Å². The second-order valence-corrected chi connectivity index (χ2v) is 7.77. The van der Waals surface area contributed by atoms with Crippen LogP contribution in [0.5, 0.6) is 0 Å². The molecule has 1 atom stereocenters. The van der Waals surface area contributed by atoms with Gasteiger partial charge in [-0.1, -0.05) is 19.9 Å². The van der Waals surface area contributed by atoms with Crippen LogP contribution in [0.25, 0.3) is 16.9 Å². The van der Waals surface area contributed by atoms with Gasteiger partial charge in [-0.15, -0.1) is 0 Å². The number of aromatic nitrogens is 3. The summed E-state index contributed by atoms with van der Waals surface area (Å²) in [7, 11) is 0. The van der Waals surface area contributed by atoms with Gasteiger partial charge in [-0.3, -0.25) is 4.79 Å². The lowest BCUT2D eigenvalue weighted by Gasteiger charge is -2.30. The van der Waals surface area contributed by atoms with Crippen LogP contribution in [0.2, 0.25) is 0 Å². The number of fused-ring (bicyclic) bond motifs is 1. The number of carbonyl (C=O) groups is 1. The average Bonchev–Trinajstić information content (AvgIpc) is 3.47. The van der Waals surface area contributed by atoms with Crippen LogP contribution in [-0.2, 0) is 6.54 Å². The fourth-order valence-electron chi connectivity index (χ4n) is 4.23. The number of hydrogen-bond acceptors (Lipinski definition) is 6. The van der Waals surface area contributed by atoms with E-state index in [2.05, 4.69) is 20.3 Å². The fraction of sp³-hybridized carbons (Fsp3) is 0.333. The van der Waals surface area contributed by atoms with Crippen LogP contribution in [-0.4, -0.2) is 39.8 Å². The van der Waals surface area contributed by atoms with Crippen molar-refractivity contribution in [1.82, 2.24) is 20.1 Å². The third kappa shape index (κ3) is 4.17. The Balaban J connectivity index is 0.00000126. The van der Waals surface area contributed by atoms with E-state index < -0.39 is 5.82 Å². The van der Waals surface area contributed by atoms with Crippen LogP contribution < -0.4 is 16.0 Å². The van der Waals surface area contributed by atoms with Gasteiger partial charge in [0.05, 0.1) is 46.4 Å². The predicted molar refractivity (Wildman–Crippen MR) is 123 cm³/mol. The number of nitriles is 1. The molecule has 0 bridgehead atoms. The Morgan fingerprint density at radius 1 is 1.27 bits per heavy atom. The fourth-order valence-corrected chi connectivity index (χ4v) is 4.23. The maximum atomic E-state index is 14.7. The van der Waals surface area contributed by atoms with E-state index in [0.717, 1.165) is 31.7 Å². The zero-order valence-corrected chi connectivity index (χ0v) is 18.7. The molecule has 9 heteroatoms. The molecular weight excluding hydrogens is 421 g/mol. The lowest BCUT2D eigenvalue weighted by atomic mass is 10.0. The minimum atomic E-state index is -0.543. The zero-order chi connectivity index (χ0) is 23.5. The second kappa shape index (κ2) is 9.38. The monoisotopic (exact) mass is 447 g/mol. The van der Waals surface area contributed by atoms with Crippen molar-refractivity contribution in [2.45, 2.75) is 39.3 Å². The Bertz CT molecular complexity index is 1230. The molecule has 33 heavy (non-hydrogen) atoms. The Morgan fingerprint density at radius 3 is 2.85 bits per heavy atom. The Morgan fingerprint density at radius 2 is 2.09 bits per heavy atom. The summed E-state index contributed by atoms with van der Waals surface area (Å²) in [6.45, 7) is 5.82. The van der Waals surface area contributed by atoms with E-state index in [9.17, 15) is 14.4 Å². The molecule has 4 heterocycles. The maximum Gasteiger partial charge on any atom is 0.255 e. The van der Waals surface area contributed by atoms with Gasteiger partial charge in [0.25, 0.3) is 5.91 Å². The molecule has 1 amide bonds. The van der Waals surface area contributed by atoms with Gasteiger partial charge in [0.15, 0.2) is 5.82 Å². The van der Waals surface area contributed by atoms with Crippen molar-refractivity contribution >= 4 is 11.7 Å². The minimum absolute atomic E-state index is 0.104. The third-order valence-corrected chi connectivity index (χ3v) is 5.71. The van der Waals surface area contributed by atoms with Crippen LogP contribution in [0.1, 0.15) is 48.3 Å². The molecule has 1 unspecified atom stereocenters. The highest BCUT2D eigenvalue weighted by Crippen LogP contribution is 2.31. The summed E-state index contributed by atoms with van der Waals surface area (Å²) in [5.74, 6) is -0.0300. The minimum Gasteiger partial charge on any atom is -0.354 e. The third-order valence-electron chi connectivity index (χ3n) is 5.71. The summed E-state index contributed by atoms with van der Waals surface area (Å²) in [6, 6.07) is 9.93. The van der Waals surface area contributed by atoms with E-state index in [1.54, 1.807) is 23.0 Å². The number of nitrogens with zero attached hydrogens (tertiary/aromatic N) is 5. The molecule has 0 aliphatic carbocycles. The molecule has 2 aromatic heterocycles. The summed E-state index contributed by atoms with van der Waals surface area (Å²) in [5.41, 5.74) is 8.08. The molecule has 1 saturated heterocycles. The highest BCUT2D eigenvalue weighted by molar-refractivity contribution is 6.01. The van der Waals surface area contributed by atoms with Crippen LogP contribution in [0.4, 0.5) is 10.2 Å². The zero-order valence-electron chi connectivity index (χ0n) is 18.7. The smallest absolute Gasteiger partial charge is 0.255 e. The number of amides is 1. The first kappa shape index (κ1) is 22.4. The van der Waals surface area contributed by atoms with Gasteiger partial charge in [-0.05, 0) is 31.0 Å². The molecule has 1 fully saturated rings. The number of nitrogens with one attached hydrogen (secondary N) is 1. The molecule has 2 aliphatic heterocycles. The van der Waals surface area contributed by atoms with E-state index in [4.69, 9.17) is 5.73 Å². The van der Waals surface area contributed by atoms with Gasteiger partial charge < -0.3 is 16.0 Å². The molecule has 8 nitrogen and oxygen atoms in total. The molecular formula is C24H26FN7O. The summed E-state index contributed by atoms with van der Waals surface area (Å²) >= 11 is 0. The summed E-state index contributed by atoms with van der Waals surface area (Å²) in [4.78, 5) is 19.1. The van der Waals surface area contributed by atoms with E-state index in [-0.39, 0.29) is 35.3 Å². The normalized spacial score (nSPS) is 17.0. The van der Waals surface area contributed by atoms with Gasteiger partial charge in [0, 0.05) is 31.4 Å². The summed E-state index contributed by atoms with van der Waals surface area (Å²) in [6.07, 6.45) is 3.75. The lowest BCUT2D eigenvalue weighted by Crippen LogP contribution is -2.43. The van der Waals surface area contributed by atoms with Crippen molar-refractivity contribution < 1.29 is 9.18 Å². The van der Waals surface area contributed by atoms with Crippen molar-refractivity contribution in [3.05, 3.63) is 59.2 Å². The number of hydrogen-bond donors (Lipinski definition) is 2. The molecule has 1 aromatic carbocycles. The van der Waals surface area contributed by atoms with Gasteiger partial charge in [0.2, 0.25) is 0 Å². The first-order chi connectivity index (χ1) is 16.0. The van der Waals surface area contributed by atoms with Crippen molar-refractivity contribution in [2.24, 2.45) is 5.73 Å². The maximum absolute atomic E-state index is 14.7. The van der Waals surface area contributed by atoms with E-state index in [0.29, 0.717) is 16.9 Å². The summed E-state index contributed by atoms with van der Waals surface area (Å²) < 4.78 is 16.3. The van der Waals surface area contributed by atoms with Gasteiger partial charge in [0.1, 0.15) is 5.82 Å². The lowest BCUT2D eigenvalue weighted by molar-refractivity contribution is 0.0965. The first-order valence-electron chi connectivity index (χ1n) is 11.1. The Kier molecular flexibility index (Phi) is 6.38. The number of piperidine rings is 1. The largest absolute Gasteiger partial charge is 0.354 e. The Hall–Kier alpha value is -3.77.